The van der Waals surface area contributed by atoms with Crippen LogP contribution in [0.3, 0.4) is 0 Å². The van der Waals surface area contributed by atoms with E-state index in [9.17, 15) is 14.7 Å². The summed E-state index contributed by atoms with van der Waals surface area (Å²) in [5.74, 6) is -0.114. The van der Waals surface area contributed by atoms with Crippen molar-refractivity contribution in [2.75, 3.05) is 23.5 Å². The van der Waals surface area contributed by atoms with Gasteiger partial charge in [0.25, 0.3) is 5.91 Å². The van der Waals surface area contributed by atoms with Crippen LogP contribution in [0.15, 0.2) is 72.8 Å². The summed E-state index contributed by atoms with van der Waals surface area (Å²) in [5, 5.41) is 9.84. The molecule has 1 amide bonds. The number of fused-ring (bicyclic) bond motifs is 1. The fraction of sp³-hybridized carbons (Fsp3) is 0.545. The highest BCUT2D eigenvalue weighted by atomic mass is 16.5. The molecule has 6 nitrogen and oxygen atoms in total. The number of ether oxygens (including phenoxy) is 1. The van der Waals surface area contributed by atoms with E-state index in [1.165, 1.54) is 83.5 Å². The van der Waals surface area contributed by atoms with Crippen LogP contribution >= 0.6 is 0 Å². The number of carbonyl (C=O) groups excluding carboxylic acids is 1. The zero-order valence-corrected chi connectivity index (χ0v) is 31.5. The maximum absolute atomic E-state index is 13.9. The van der Waals surface area contributed by atoms with Crippen LogP contribution in [0.25, 0.3) is 0 Å². The summed E-state index contributed by atoms with van der Waals surface area (Å²) in [6, 6.07) is 23.9. The van der Waals surface area contributed by atoms with E-state index in [0.29, 0.717) is 5.56 Å². The van der Waals surface area contributed by atoms with Crippen LogP contribution in [0.1, 0.15) is 152 Å². The molecule has 0 fully saturated rings. The molecule has 0 bridgehead atoms. The topological polar surface area (TPSA) is 70.1 Å². The van der Waals surface area contributed by atoms with Crippen molar-refractivity contribution in [3.8, 4) is 5.75 Å². The van der Waals surface area contributed by atoms with E-state index in [-0.39, 0.29) is 18.0 Å². The van der Waals surface area contributed by atoms with Crippen LogP contribution in [0.5, 0.6) is 5.75 Å². The minimum Gasteiger partial charge on any atom is -0.497 e. The molecule has 272 valence electrons. The third-order valence-electron chi connectivity index (χ3n) is 10.7. The second-order valence-electron chi connectivity index (χ2n) is 14.8. The van der Waals surface area contributed by atoms with E-state index in [1.807, 2.05) is 47.4 Å². The zero-order chi connectivity index (χ0) is 35.9. The van der Waals surface area contributed by atoms with Crippen molar-refractivity contribution in [3.63, 3.8) is 0 Å². The maximum Gasteiger partial charge on any atom is 0.313 e. The van der Waals surface area contributed by atoms with Gasteiger partial charge in [0.1, 0.15) is 5.75 Å². The number of carbonyl (C=O) groups is 2. The molecule has 1 heterocycles. The highest BCUT2D eigenvalue weighted by Gasteiger charge is 2.37. The molecule has 0 saturated carbocycles. The Morgan fingerprint density at radius 2 is 1.32 bits per heavy atom. The lowest BCUT2D eigenvalue weighted by Crippen LogP contribution is -2.46. The van der Waals surface area contributed by atoms with E-state index in [0.717, 1.165) is 47.6 Å². The molecule has 0 aromatic heterocycles. The number of amides is 1. The molecule has 2 unspecified atom stereocenters. The number of para-hydroxylation sites is 1. The smallest absolute Gasteiger partial charge is 0.313 e. The van der Waals surface area contributed by atoms with Crippen LogP contribution < -0.4 is 14.5 Å². The first kappa shape index (κ1) is 39.0. The number of methoxy groups -OCH3 is 1. The van der Waals surface area contributed by atoms with Gasteiger partial charge in [-0.2, -0.15) is 0 Å². The second-order valence-corrected chi connectivity index (χ2v) is 14.8. The van der Waals surface area contributed by atoms with Crippen LogP contribution in [0, 0.1) is 0 Å². The van der Waals surface area contributed by atoms with Crippen LogP contribution in [-0.2, 0) is 10.2 Å². The molecule has 3 aromatic rings. The van der Waals surface area contributed by atoms with Gasteiger partial charge in [-0.25, -0.2) is 0 Å². The first-order valence-electron chi connectivity index (χ1n) is 19.4. The highest BCUT2D eigenvalue weighted by Crippen LogP contribution is 2.43. The summed E-state index contributed by atoms with van der Waals surface area (Å²) in [5.41, 5.74) is 3.65. The first-order chi connectivity index (χ1) is 24.2. The number of benzene rings is 3. The molecule has 3 aromatic carbocycles. The molecule has 2 atom stereocenters. The van der Waals surface area contributed by atoms with Gasteiger partial charge < -0.3 is 19.6 Å². The van der Waals surface area contributed by atoms with Crippen LogP contribution in [0.2, 0.25) is 0 Å². The molecular weight excluding hydrogens is 620 g/mol. The molecular formula is C44H62N2O4. The molecule has 1 aliphatic heterocycles. The maximum atomic E-state index is 13.9. The lowest BCUT2D eigenvalue weighted by molar-refractivity contribution is -0.142. The Morgan fingerprint density at radius 3 is 1.86 bits per heavy atom. The van der Waals surface area contributed by atoms with Gasteiger partial charge in [-0.15, -0.1) is 0 Å². The van der Waals surface area contributed by atoms with Gasteiger partial charge in [-0.1, -0.05) is 121 Å². The number of rotatable bonds is 21. The van der Waals surface area contributed by atoms with Crippen molar-refractivity contribution < 1.29 is 19.4 Å². The summed E-state index contributed by atoms with van der Waals surface area (Å²) in [6.07, 6.45) is 19.3. The lowest BCUT2D eigenvalue weighted by atomic mass is 9.84. The molecule has 0 radical (unpaired) electrons. The van der Waals surface area contributed by atoms with E-state index in [1.54, 1.807) is 21.0 Å². The Balaban J connectivity index is 1.44. The Bertz CT molecular complexity index is 1470. The van der Waals surface area contributed by atoms with Gasteiger partial charge in [0.2, 0.25) is 0 Å². The zero-order valence-electron chi connectivity index (χ0n) is 31.5. The van der Waals surface area contributed by atoms with E-state index in [4.69, 9.17) is 4.74 Å². The first-order valence-corrected chi connectivity index (χ1v) is 19.4. The number of unbranched alkanes of at least 4 members (excludes halogenated alkanes) is 13. The number of carboxylic acid groups (broad SMARTS) is 1. The summed E-state index contributed by atoms with van der Waals surface area (Å²) in [4.78, 5) is 30.4. The van der Waals surface area contributed by atoms with Crippen molar-refractivity contribution in [2.24, 2.45) is 0 Å². The van der Waals surface area contributed by atoms with Gasteiger partial charge in [0, 0.05) is 29.5 Å². The van der Waals surface area contributed by atoms with Crippen molar-refractivity contribution in [3.05, 3.63) is 89.5 Å². The molecule has 0 saturated heterocycles. The number of nitrogens with zero attached hydrogens (tertiary/aromatic N) is 2. The van der Waals surface area contributed by atoms with Crippen molar-refractivity contribution >= 4 is 23.3 Å². The van der Waals surface area contributed by atoms with Crippen molar-refractivity contribution in [2.45, 2.75) is 142 Å². The third-order valence-corrected chi connectivity index (χ3v) is 10.7. The van der Waals surface area contributed by atoms with Gasteiger partial charge in [-0.05, 0) is 87.2 Å². The normalized spacial score (nSPS) is 15.8. The van der Waals surface area contributed by atoms with Gasteiger partial charge in [0.05, 0.1) is 18.6 Å². The molecule has 1 N–H and O–H groups in total. The molecule has 0 aliphatic carbocycles. The van der Waals surface area contributed by atoms with E-state index in [2.05, 4.69) is 49.1 Å². The molecule has 1 aliphatic rings. The molecule has 6 heteroatoms. The van der Waals surface area contributed by atoms with Crippen molar-refractivity contribution in [1.82, 2.24) is 0 Å². The third kappa shape index (κ3) is 10.4. The lowest BCUT2D eigenvalue weighted by Gasteiger charge is -2.44. The second kappa shape index (κ2) is 19.6. The van der Waals surface area contributed by atoms with E-state index >= 15 is 0 Å². The Kier molecular flexibility index (Phi) is 15.2. The largest absolute Gasteiger partial charge is 0.497 e. The summed E-state index contributed by atoms with van der Waals surface area (Å²) in [6.45, 7) is 8.83. The minimum atomic E-state index is -0.966. The Labute approximate surface area is 302 Å². The number of hydrogen-bond acceptors (Lipinski definition) is 4. The number of carboxylic acids is 1. The SMILES string of the molecule is CCCCCCCCCCCCCCCCN(c1ccc(C(C)(C)C(=O)O)cc1)C1CC(C)N(C(=O)c2ccc(OC)cc2)c2ccccc21. The van der Waals surface area contributed by atoms with Gasteiger partial charge in [0.15, 0.2) is 0 Å². The number of anilines is 2. The average molecular weight is 683 g/mol. The molecule has 0 spiro atoms. The van der Waals surface area contributed by atoms with Gasteiger partial charge in [-0.3, -0.25) is 9.59 Å². The quantitative estimate of drug-likeness (QED) is 0.113. The predicted octanol–water partition coefficient (Wildman–Crippen LogP) is 11.5. The highest BCUT2D eigenvalue weighted by molar-refractivity contribution is 6.07. The van der Waals surface area contributed by atoms with E-state index < -0.39 is 11.4 Å². The summed E-state index contributed by atoms with van der Waals surface area (Å²) >= 11 is 0. The Hall–Kier alpha value is -3.80. The fourth-order valence-electron chi connectivity index (χ4n) is 7.39. The minimum absolute atomic E-state index is 0.00942. The average Bonchev–Trinajstić information content (AvgIpc) is 3.13. The molecule has 4 rings (SSSR count). The Morgan fingerprint density at radius 1 is 0.780 bits per heavy atom. The number of aliphatic carboxylic acids is 1. The van der Waals surface area contributed by atoms with Crippen LogP contribution in [-0.4, -0.2) is 36.7 Å². The summed E-state index contributed by atoms with van der Waals surface area (Å²) < 4.78 is 5.32. The molecule has 50 heavy (non-hydrogen) atoms. The standard InChI is InChI=1S/C44H62N2O4/c1-6-7-8-9-10-11-12-13-14-15-16-17-18-21-32-45(37-28-26-36(27-29-37)44(3,4)43(48)49)41-33-34(2)46(40-23-20-19-22-39(40)41)42(47)35-24-30-38(50-5)31-25-35/h19-20,22-31,34,41H,6-18,21,32-33H2,1-5H3,(H,48,49). The number of hydrogen-bond donors (Lipinski definition) is 1. The van der Waals surface area contributed by atoms with Crippen molar-refractivity contribution in [1.29, 1.82) is 0 Å². The van der Waals surface area contributed by atoms with Gasteiger partial charge >= 0.3 is 5.97 Å². The summed E-state index contributed by atoms with van der Waals surface area (Å²) in [7, 11) is 1.63. The van der Waals surface area contributed by atoms with Crippen LogP contribution in [0.4, 0.5) is 11.4 Å². The monoisotopic (exact) mass is 682 g/mol. The predicted molar refractivity (Wildman–Crippen MR) is 208 cm³/mol. The fourth-order valence-corrected chi connectivity index (χ4v) is 7.39.